The molecule has 2 amide bonds. The molecule has 2 atom stereocenters. The van der Waals surface area contributed by atoms with Crippen LogP contribution in [0, 0.1) is 12.8 Å². The molecule has 0 bridgehead atoms. The molecular formula is C24H34N6O3. The smallest absolute Gasteiger partial charge is 0.407 e. The summed E-state index contributed by atoms with van der Waals surface area (Å²) in [5.41, 5.74) is 2.97. The number of alkyl carbamates (subject to hydrolysis) is 1. The average molecular weight is 455 g/mol. The predicted molar refractivity (Wildman–Crippen MR) is 126 cm³/mol. The highest BCUT2D eigenvalue weighted by Gasteiger charge is 2.41. The van der Waals surface area contributed by atoms with Crippen LogP contribution in [-0.2, 0) is 4.74 Å². The van der Waals surface area contributed by atoms with Gasteiger partial charge in [0, 0.05) is 30.3 Å². The summed E-state index contributed by atoms with van der Waals surface area (Å²) in [5, 5.41) is 16.4. The number of pyridine rings is 1. The predicted octanol–water partition coefficient (Wildman–Crippen LogP) is 4.16. The lowest BCUT2D eigenvalue weighted by Crippen LogP contribution is -2.55. The summed E-state index contributed by atoms with van der Waals surface area (Å²) in [6.45, 7) is 6.21. The van der Waals surface area contributed by atoms with Gasteiger partial charge in [-0.2, -0.15) is 5.10 Å². The van der Waals surface area contributed by atoms with E-state index in [9.17, 15) is 9.59 Å². The standard InChI is InChI=1S/C24H34N6O3/c1-5-15-11-24(3,12-15)28-23(32)33-17-7-6-16(9-17)18-10-21(30-29-18)27-20-13-26-19(8-14(20)2)22(31)25-4/h8,10,13,15-17H,5-7,9,11-12H2,1-4H3,(H,25,31)(H,28,32)(H2,27,29,30). The largest absolute Gasteiger partial charge is 0.446 e. The summed E-state index contributed by atoms with van der Waals surface area (Å²) < 4.78 is 5.72. The van der Waals surface area contributed by atoms with Crippen molar-refractivity contribution in [3.05, 3.63) is 35.3 Å². The zero-order valence-corrected chi connectivity index (χ0v) is 19.8. The normalized spacial score (nSPS) is 26.4. The van der Waals surface area contributed by atoms with Crippen molar-refractivity contribution in [2.45, 2.75) is 76.9 Å². The number of amides is 2. The van der Waals surface area contributed by atoms with Crippen LogP contribution in [0.5, 0.6) is 0 Å². The van der Waals surface area contributed by atoms with Crippen molar-refractivity contribution in [3.63, 3.8) is 0 Å². The van der Waals surface area contributed by atoms with Gasteiger partial charge in [0.1, 0.15) is 11.8 Å². The van der Waals surface area contributed by atoms with Crippen LogP contribution in [0.25, 0.3) is 0 Å². The van der Waals surface area contributed by atoms with Crippen LogP contribution in [0.1, 0.15) is 80.0 Å². The van der Waals surface area contributed by atoms with Crippen LogP contribution in [0.2, 0.25) is 0 Å². The summed E-state index contributed by atoms with van der Waals surface area (Å²) in [5.74, 6) is 1.45. The Morgan fingerprint density at radius 3 is 2.76 bits per heavy atom. The molecular weight excluding hydrogens is 420 g/mol. The molecule has 0 aliphatic heterocycles. The van der Waals surface area contributed by atoms with Gasteiger partial charge < -0.3 is 20.7 Å². The van der Waals surface area contributed by atoms with Crippen molar-refractivity contribution >= 4 is 23.5 Å². The average Bonchev–Trinajstić information content (AvgIpc) is 3.42. The fraction of sp³-hybridized carbons (Fsp3) is 0.583. The van der Waals surface area contributed by atoms with Gasteiger partial charge in [0.25, 0.3) is 5.91 Å². The fourth-order valence-corrected chi connectivity index (χ4v) is 5.05. The molecule has 0 radical (unpaired) electrons. The van der Waals surface area contributed by atoms with Gasteiger partial charge in [0.15, 0.2) is 5.82 Å². The number of carbonyl (C=O) groups is 2. The van der Waals surface area contributed by atoms with Crippen molar-refractivity contribution in [2.75, 3.05) is 12.4 Å². The second kappa shape index (κ2) is 9.41. The Bertz CT molecular complexity index is 1010. The maximum Gasteiger partial charge on any atom is 0.407 e. The molecule has 2 aliphatic rings. The maximum atomic E-state index is 12.4. The van der Waals surface area contributed by atoms with Gasteiger partial charge in [-0.1, -0.05) is 13.3 Å². The molecule has 0 saturated heterocycles. The van der Waals surface area contributed by atoms with E-state index in [-0.39, 0.29) is 29.6 Å². The SMILES string of the molecule is CCC1CC(C)(NC(=O)OC2CCC(c3cc(Nc4cnc(C(=O)NC)cc4C)n[nH]3)C2)C1. The summed E-state index contributed by atoms with van der Waals surface area (Å²) in [4.78, 5) is 28.3. The van der Waals surface area contributed by atoms with Gasteiger partial charge in [0.2, 0.25) is 0 Å². The molecule has 178 valence electrons. The minimum Gasteiger partial charge on any atom is -0.446 e. The number of nitrogens with one attached hydrogen (secondary N) is 4. The van der Waals surface area contributed by atoms with Crippen LogP contribution in [0.3, 0.4) is 0 Å². The number of aryl methyl sites for hydroxylation is 1. The second-order valence-corrected chi connectivity index (χ2v) is 9.70. The second-order valence-electron chi connectivity index (χ2n) is 9.70. The minimum atomic E-state index is -0.298. The third kappa shape index (κ3) is 5.29. The van der Waals surface area contributed by atoms with E-state index < -0.39 is 0 Å². The molecule has 9 nitrogen and oxygen atoms in total. The molecule has 33 heavy (non-hydrogen) atoms. The fourth-order valence-electron chi connectivity index (χ4n) is 5.05. The molecule has 2 saturated carbocycles. The number of nitrogens with zero attached hydrogens (tertiary/aromatic N) is 2. The Morgan fingerprint density at radius 2 is 2.06 bits per heavy atom. The molecule has 9 heteroatoms. The summed E-state index contributed by atoms with van der Waals surface area (Å²) >= 11 is 0. The van der Waals surface area contributed by atoms with Gasteiger partial charge in [-0.3, -0.25) is 9.89 Å². The lowest BCUT2D eigenvalue weighted by Gasteiger charge is -2.45. The zero-order valence-electron chi connectivity index (χ0n) is 19.8. The summed E-state index contributed by atoms with van der Waals surface area (Å²) in [7, 11) is 1.58. The van der Waals surface area contributed by atoms with E-state index in [1.807, 2.05) is 13.0 Å². The zero-order chi connectivity index (χ0) is 23.6. The van der Waals surface area contributed by atoms with Crippen molar-refractivity contribution in [1.29, 1.82) is 0 Å². The minimum absolute atomic E-state index is 0.0796. The Kier molecular flexibility index (Phi) is 6.58. The molecule has 4 rings (SSSR count). The van der Waals surface area contributed by atoms with Crippen molar-refractivity contribution in [2.24, 2.45) is 5.92 Å². The number of hydrogen-bond acceptors (Lipinski definition) is 6. The molecule has 2 aromatic rings. The lowest BCUT2D eigenvalue weighted by atomic mass is 9.68. The van der Waals surface area contributed by atoms with E-state index >= 15 is 0 Å². The third-order valence-electron chi connectivity index (χ3n) is 6.99. The Labute approximate surface area is 194 Å². The van der Waals surface area contributed by atoms with Crippen LogP contribution >= 0.6 is 0 Å². The van der Waals surface area contributed by atoms with E-state index in [0.29, 0.717) is 17.4 Å². The quantitative estimate of drug-likeness (QED) is 0.499. The molecule has 2 unspecified atom stereocenters. The molecule has 0 aromatic carbocycles. The topological polar surface area (TPSA) is 121 Å². The first-order valence-corrected chi connectivity index (χ1v) is 11.8. The number of carbonyl (C=O) groups excluding carboxylic acids is 2. The maximum absolute atomic E-state index is 12.4. The van der Waals surface area contributed by atoms with Gasteiger partial charge in [0.05, 0.1) is 11.9 Å². The molecule has 0 spiro atoms. The first-order chi connectivity index (χ1) is 15.8. The van der Waals surface area contributed by atoms with E-state index in [2.05, 4.69) is 45.0 Å². The molecule has 2 fully saturated rings. The van der Waals surface area contributed by atoms with E-state index in [0.717, 1.165) is 55.5 Å². The Hall–Kier alpha value is -3.10. The van der Waals surface area contributed by atoms with Gasteiger partial charge in [-0.05, 0) is 63.5 Å². The first-order valence-electron chi connectivity index (χ1n) is 11.8. The van der Waals surface area contributed by atoms with E-state index in [1.165, 1.54) is 0 Å². The number of rotatable bonds is 7. The Balaban J connectivity index is 1.29. The van der Waals surface area contributed by atoms with Crippen LogP contribution in [-0.4, -0.2) is 45.9 Å². The number of hydrogen-bond donors (Lipinski definition) is 4. The highest BCUT2D eigenvalue weighted by molar-refractivity contribution is 5.92. The van der Waals surface area contributed by atoms with Crippen molar-refractivity contribution in [1.82, 2.24) is 25.8 Å². The number of ether oxygens (including phenoxy) is 1. The number of H-pyrrole nitrogens is 1. The highest BCUT2D eigenvalue weighted by Crippen LogP contribution is 2.40. The van der Waals surface area contributed by atoms with Crippen molar-refractivity contribution < 1.29 is 14.3 Å². The van der Waals surface area contributed by atoms with Crippen LogP contribution < -0.4 is 16.0 Å². The molecule has 2 aliphatic carbocycles. The van der Waals surface area contributed by atoms with Crippen LogP contribution in [0.15, 0.2) is 18.3 Å². The van der Waals surface area contributed by atoms with E-state index in [1.54, 1.807) is 19.3 Å². The highest BCUT2D eigenvalue weighted by atomic mass is 16.6. The Morgan fingerprint density at radius 1 is 1.27 bits per heavy atom. The summed E-state index contributed by atoms with van der Waals surface area (Å²) in [6.07, 6.45) is 7.04. The molecule has 4 N–H and O–H groups in total. The lowest BCUT2D eigenvalue weighted by molar-refractivity contribution is 0.0650. The number of aromatic amines is 1. The molecule has 2 heterocycles. The molecule has 2 aromatic heterocycles. The van der Waals surface area contributed by atoms with E-state index in [4.69, 9.17) is 4.74 Å². The number of anilines is 2. The number of aromatic nitrogens is 3. The van der Waals surface area contributed by atoms with Gasteiger partial charge in [-0.15, -0.1) is 0 Å². The van der Waals surface area contributed by atoms with Gasteiger partial charge in [-0.25, -0.2) is 9.78 Å². The monoisotopic (exact) mass is 454 g/mol. The van der Waals surface area contributed by atoms with Crippen molar-refractivity contribution in [3.8, 4) is 0 Å². The summed E-state index contributed by atoms with van der Waals surface area (Å²) in [6, 6.07) is 3.73. The third-order valence-corrected chi connectivity index (χ3v) is 6.99. The first kappa shape index (κ1) is 23.1. The van der Waals surface area contributed by atoms with Gasteiger partial charge >= 0.3 is 6.09 Å². The van der Waals surface area contributed by atoms with Crippen LogP contribution in [0.4, 0.5) is 16.3 Å².